The molecule has 0 aliphatic carbocycles. The van der Waals surface area contributed by atoms with E-state index in [0.717, 1.165) is 22.4 Å². The summed E-state index contributed by atoms with van der Waals surface area (Å²) in [6, 6.07) is 21.6. The summed E-state index contributed by atoms with van der Waals surface area (Å²) in [5.41, 5.74) is 4.35. The molecule has 3 aromatic rings. The van der Waals surface area contributed by atoms with E-state index < -0.39 is 10.0 Å². The number of rotatable bonds is 8. The molecule has 0 bridgehead atoms. The van der Waals surface area contributed by atoms with Gasteiger partial charge in [-0.15, -0.1) is 11.8 Å². The summed E-state index contributed by atoms with van der Waals surface area (Å²) >= 11 is 1.55. The molecule has 0 aromatic heterocycles. The van der Waals surface area contributed by atoms with Crippen molar-refractivity contribution < 1.29 is 13.2 Å². The van der Waals surface area contributed by atoms with Gasteiger partial charge in [-0.3, -0.25) is 9.52 Å². The van der Waals surface area contributed by atoms with Crippen LogP contribution >= 0.6 is 11.8 Å². The highest BCUT2D eigenvalue weighted by atomic mass is 32.2. The van der Waals surface area contributed by atoms with Crippen molar-refractivity contribution in [1.82, 2.24) is 0 Å². The Bertz CT molecular complexity index is 1150. The Balaban J connectivity index is 1.59. The summed E-state index contributed by atoms with van der Waals surface area (Å²) in [6.45, 7) is 5.76. The van der Waals surface area contributed by atoms with E-state index in [9.17, 15) is 13.2 Å². The van der Waals surface area contributed by atoms with Crippen molar-refractivity contribution in [2.24, 2.45) is 0 Å². The molecule has 0 saturated heterocycles. The molecule has 7 heteroatoms. The summed E-state index contributed by atoms with van der Waals surface area (Å²) in [6.07, 6.45) is 0. The van der Waals surface area contributed by atoms with Crippen LogP contribution in [0, 0.1) is 13.8 Å². The van der Waals surface area contributed by atoms with E-state index >= 15 is 0 Å². The van der Waals surface area contributed by atoms with Crippen molar-refractivity contribution in [2.45, 2.75) is 36.7 Å². The SMILES string of the molecule is Cc1ccc(NS(=O)(=O)c2ccc(NC(=O)[C@@H](C)SCc3ccccc3)cc2)cc1C. The Morgan fingerprint density at radius 2 is 1.55 bits per heavy atom. The van der Waals surface area contributed by atoms with E-state index in [1.165, 1.54) is 12.1 Å². The molecule has 0 saturated carbocycles. The number of hydrogen-bond acceptors (Lipinski definition) is 4. The molecule has 162 valence electrons. The van der Waals surface area contributed by atoms with Crippen molar-refractivity contribution in [3.8, 4) is 0 Å². The van der Waals surface area contributed by atoms with Crippen LogP contribution in [-0.2, 0) is 20.6 Å². The second-order valence-electron chi connectivity index (χ2n) is 7.36. The van der Waals surface area contributed by atoms with E-state index in [2.05, 4.69) is 10.0 Å². The maximum absolute atomic E-state index is 12.7. The van der Waals surface area contributed by atoms with E-state index in [-0.39, 0.29) is 16.1 Å². The van der Waals surface area contributed by atoms with Crippen molar-refractivity contribution in [3.05, 3.63) is 89.5 Å². The maximum atomic E-state index is 12.7. The van der Waals surface area contributed by atoms with Crippen LogP contribution in [0.2, 0.25) is 0 Å². The highest BCUT2D eigenvalue weighted by Crippen LogP contribution is 2.22. The third kappa shape index (κ3) is 6.35. The molecular formula is C24H26N2O3S2. The zero-order valence-corrected chi connectivity index (χ0v) is 19.4. The van der Waals surface area contributed by atoms with Gasteiger partial charge in [0.2, 0.25) is 5.91 Å². The molecule has 31 heavy (non-hydrogen) atoms. The third-order valence-corrected chi connectivity index (χ3v) is 7.51. The fraction of sp³-hybridized carbons (Fsp3) is 0.208. The Morgan fingerprint density at radius 1 is 0.903 bits per heavy atom. The number of amides is 1. The Morgan fingerprint density at radius 3 is 2.19 bits per heavy atom. The fourth-order valence-corrected chi connectivity index (χ4v) is 4.75. The molecule has 3 aromatic carbocycles. The van der Waals surface area contributed by atoms with E-state index in [1.54, 1.807) is 36.0 Å². The molecule has 2 N–H and O–H groups in total. The van der Waals surface area contributed by atoms with Crippen LogP contribution < -0.4 is 10.0 Å². The van der Waals surface area contributed by atoms with E-state index in [1.807, 2.05) is 57.2 Å². The summed E-state index contributed by atoms with van der Waals surface area (Å²) in [4.78, 5) is 12.6. The summed E-state index contributed by atoms with van der Waals surface area (Å²) in [5, 5.41) is 2.60. The van der Waals surface area contributed by atoms with Gasteiger partial charge in [0, 0.05) is 17.1 Å². The van der Waals surface area contributed by atoms with Crippen LogP contribution in [0.5, 0.6) is 0 Å². The van der Waals surface area contributed by atoms with Gasteiger partial charge in [0.1, 0.15) is 0 Å². The van der Waals surface area contributed by atoms with Gasteiger partial charge in [0.05, 0.1) is 10.1 Å². The van der Waals surface area contributed by atoms with Crippen molar-refractivity contribution in [2.75, 3.05) is 10.0 Å². The molecule has 0 radical (unpaired) electrons. The van der Waals surface area contributed by atoms with Gasteiger partial charge in [0.15, 0.2) is 0 Å². The van der Waals surface area contributed by atoms with Gasteiger partial charge in [-0.2, -0.15) is 0 Å². The zero-order valence-electron chi connectivity index (χ0n) is 17.8. The lowest BCUT2D eigenvalue weighted by Gasteiger charge is -2.13. The van der Waals surface area contributed by atoms with E-state index in [0.29, 0.717) is 11.4 Å². The van der Waals surface area contributed by atoms with Gasteiger partial charge in [-0.1, -0.05) is 36.4 Å². The molecule has 0 aliphatic rings. The van der Waals surface area contributed by atoms with Gasteiger partial charge in [-0.05, 0) is 73.9 Å². The average molecular weight is 455 g/mol. The number of anilines is 2. The minimum absolute atomic E-state index is 0.121. The molecule has 1 atom stereocenters. The van der Waals surface area contributed by atoms with Gasteiger partial charge in [0.25, 0.3) is 10.0 Å². The molecular weight excluding hydrogens is 428 g/mol. The van der Waals surface area contributed by atoms with Crippen LogP contribution in [0.15, 0.2) is 77.7 Å². The first kappa shape index (κ1) is 22.9. The summed E-state index contributed by atoms with van der Waals surface area (Å²) in [5.74, 6) is 0.626. The lowest BCUT2D eigenvalue weighted by atomic mass is 10.1. The molecule has 3 rings (SSSR count). The molecule has 5 nitrogen and oxygen atoms in total. The van der Waals surface area contributed by atoms with Crippen molar-refractivity contribution in [1.29, 1.82) is 0 Å². The minimum atomic E-state index is -3.71. The third-order valence-electron chi connectivity index (χ3n) is 4.90. The number of nitrogens with one attached hydrogen (secondary N) is 2. The normalized spacial score (nSPS) is 12.2. The van der Waals surface area contributed by atoms with Crippen molar-refractivity contribution >= 4 is 39.1 Å². The maximum Gasteiger partial charge on any atom is 0.261 e. The quantitative estimate of drug-likeness (QED) is 0.480. The predicted molar refractivity (Wildman–Crippen MR) is 129 cm³/mol. The number of carbonyl (C=O) groups is 1. The largest absolute Gasteiger partial charge is 0.325 e. The molecule has 0 spiro atoms. The molecule has 1 amide bonds. The number of benzene rings is 3. The number of sulfonamides is 1. The monoisotopic (exact) mass is 454 g/mol. The van der Waals surface area contributed by atoms with E-state index in [4.69, 9.17) is 0 Å². The first-order valence-electron chi connectivity index (χ1n) is 9.91. The topological polar surface area (TPSA) is 75.3 Å². The first-order valence-corrected chi connectivity index (χ1v) is 12.4. The predicted octanol–water partition coefficient (Wildman–Crippen LogP) is 5.36. The van der Waals surface area contributed by atoms with Gasteiger partial charge < -0.3 is 5.32 Å². The second-order valence-corrected chi connectivity index (χ2v) is 10.4. The highest BCUT2D eigenvalue weighted by Gasteiger charge is 2.16. The minimum Gasteiger partial charge on any atom is -0.325 e. The summed E-state index contributed by atoms with van der Waals surface area (Å²) in [7, 11) is -3.71. The van der Waals surface area contributed by atoms with Crippen molar-refractivity contribution in [3.63, 3.8) is 0 Å². The standard InChI is InChI=1S/C24H26N2O3S2/c1-17-9-10-22(15-18(17)2)26-31(28,29)23-13-11-21(12-14-23)25-24(27)19(3)30-16-20-7-5-4-6-8-20/h4-15,19,26H,16H2,1-3H3,(H,25,27)/t19-/m1/s1. The Kier molecular flexibility index (Phi) is 7.41. The van der Waals surface area contributed by atoms with Crippen LogP contribution in [0.25, 0.3) is 0 Å². The summed E-state index contributed by atoms with van der Waals surface area (Å²) < 4.78 is 27.9. The Hall–Kier alpha value is -2.77. The number of carbonyl (C=O) groups excluding carboxylic acids is 1. The van der Waals surface area contributed by atoms with Crippen LogP contribution in [-0.4, -0.2) is 19.6 Å². The molecule has 0 aliphatic heterocycles. The number of thioether (sulfide) groups is 1. The smallest absolute Gasteiger partial charge is 0.261 e. The zero-order chi connectivity index (χ0) is 22.4. The molecule has 0 heterocycles. The van der Waals surface area contributed by atoms with Crippen LogP contribution in [0.3, 0.4) is 0 Å². The Labute approximate surface area is 188 Å². The average Bonchev–Trinajstić information content (AvgIpc) is 2.75. The van der Waals surface area contributed by atoms with Crippen LogP contribution in [0.1, 0.15) is 23.6 Å². The first-order chi connectivity index (χ1) is 14.7. The fourth-order valence-electron chi connectivity index (χ4n) is 2.85. The van der Waals surface area contributed by atoms with Gasteiger partial charge in [-0.25, -0.2) is 8.42 Å². The molecule has 0 fully saturated rings. The number of hydrogen-bond donors (Lipinski definition) is 2. The van der Waals surface area contributed by atoms with Crippen LogP contribution in [0.4, 0.5) is 11.4 Å². The lowest BCUT2D eigenvalue weighted by Crippen LogP contribution is -2.22. The highest BCUT2D eigenvalue weighted by molar-refractivity contribution is 7.99. The second kappa shape index (κ2) is 10.0. The van der Waals surface area contributed by atoms with Gasteiger partial charge >= 0.3 is 0 Å². The lowest BCUT2D eigenvalue weighted by molar-refractivity contribution is -0.115. The molecule has 0 unspecified atom stereocenters. The number of aryl methyl sites for hydroxylation is 2.